The molecule has 0 aliphatic heterocycles. The Labute approximate surface area is 273 Å². The van der Waals surface area contributed by atoms with Gasteiger partial charge in [0.25, 0.3) is 5.91 Å². The lowest BCUT2D eigenvalue weighted by molar-refractivity contribution is -0.141. The van der Waals surface area contributed by atoms with Crippen molar-refractivity contribution in [2.24, 2.45) is 17.8 Å². The molecule has 2 aliphatic carbocycles. The van der Waals surface area contributed by atoms with E-state index < -0.39 is 35.5 Å². The first-order chi connectivity index (χ1) is 21.7. The van der Waals surface area contributed by atoms with Gasteiger partial charge >= 0.3 is 0 Å². The lowest BCUT2D eigenvalue weighted by Crippen LogP contribution is -2.50. The van der Waals surface area contributed by atoms with Crippen LogP contribution < -0.4 is 10.6 Å². The molecule has 3 N–H and O–H groups in total. The number of benzene rings is 2. The van der Waals surface area contributed by atoms with Crippen molar-refractivity contribution >= 4 is 63.3 Å². The molecule has 0 bridgehead atoms. The molecule has 3 aromatic rings. The minimum absolute atomic E-state index is 0.0400. The van der Waals surface area contributed by atoms with Gasteiger partial charge in [-0.1, -0.05) is 85.6 Å². The van der Waals surface area contributed by atoms with Gasteiger partial charge in [-0.05, 0) is 55.4 Å². The third-order valence-corrected chi connectivity index (χ3v) is 9.73. The zero-order valence-corrected chi connectivity index (χ0v) is 26.7. The maximum atomic E-state index is 13.9. The highest BCUT2D eigenvalue weighted by atomic mass is 35.5. The Hall–Kier alpha value is -3.49. The number of fused-ring (bicyclic) bond motifs is 1. The van der Waals surface area contributed by atoms with Crippen molar-refractivity contribution in [3.8, 4) is 0 Å². The van der Waals surface area contributed by atoms with Crippen LogP contribution in [0.3, 0.4) is 0 Å². The summed E-state index contributed by atoms with van der Waals surface area (Å²) < 4.78 is 0. The van der Waals surface area contributed by atoms with Crippen LogP contribution in [0.1, 0.15) is 86.7 Å². The number of aromatic nitrogens is 1. The minimum atomic E-state index is -1.17. The van der Waals surface area contributed by atoms with E-state index in [4.69, 9.17) is 23.2 Å². The number of amides is 2. The number of ketones is 3. The van der Waals surface area contributed by atoms with Gasteiger partial charge in [0.2, 0.25) is 11.7 Å². The maximum absolute atomic E-state index is 13.9. The third kappa shape index (κ3) is 8.61. The fourth-order valence-corrected chi connectivity index (χ4v) is 7.27. The smallest absolute Gasteiger partial charge is 0.289 e. The zero-order valence-electron chi connectivity index (χ0n) is 25.2. The van der Waals surface area contributed by atoms with Gasteiger partial charge in [-0.3, -0.25) is 24.0 Å². The second kappa shape index (κ2) is 15.2. The van der Waals surface area contributed by atoms with Crippen LogP contribution in [0, 0.1) is 17.8 Å². The van der Waals surface area contributed by atoms with E-state index in [-0.39, 0.29) is 36.9 Å². The fraction of sp³-hybridized carbons (Fsp3) is 0.457. The van der Waals surface area contributed by atoms with Crippen LogP contribution in [0.4, 0.5) is 0 Å². The SMILES string of the molecule is O=C(NCc1ccccc1)C(=O)[C@H](C[C@@H]1CCCC1=O)NC(=O)[C@@H](CC(=O)c1cc2c(Cl)cc(Cl)cc2[nH]1)CC1CCCCC1. The molecule has 10 heteroatoms. The molecule has 2 saturated carbocycles. The maximum Gasteiger partial charge on any atom is 0.289 e. The van der Waals surface area contributed by atoms with E-state index in [9.17, 15) is 24.0 Å². The summed E-state index contributed by atoms with van der Waals surface area (Å²) in [5.74, 6) is -3.12. The second-order valence-corrected chi connectivity index (χ2v) is 13.3. The molecule has 2 aliphatic rings. The van der Waals surface area contributed by atoms with Crippen LogP contribution in [-0.2, 0) is 25.7 Å². The topological polar surface area (TPSA) is 125 Å². The van der Waals surface area contributed by atoms with E-state index in [0.29, 0.717) is 45.9 Å². The standard InChI is InChI=1S/C35H39Cl2N3O5/c36-25-17-27(37)26-19-29(39-28(26)18-25)32(42)16-24(14-21-8-3-1-4-9-21)34(44)40-30(15-23-12-7-13-31(23)41)33(43)35(45)38-20-22-10-5-2-6-11-22/h2,5-6,10-11,17-19,21,23-24,30,39H,1,3-4,7-9,12-16,20H2,(H,38,45)(H,40,44)/t23-,24+,30-/m0/s1. The number of nitrogens with one attached hydrogen (secondary N) is 3. The third-order valence-electron chi connectivity index (χ3n) is 9.20. The van der Waals surface area contributed by atoms with Gasteiger partial charge in [0.05, 0.1) is 16.8 Å². The van der Waals surface area contributed by atoms with Gasteiger partial charge in [0, 0.05) is 47.1 Å². The summed E-state index contributed by atoms with van der Waals surface area (Å²) in [6.45, 7) is 0.160. The molecular weight excluding hydrogens is 613 g/mol. The first-order valence-corrected chi connectivity index (χ1v) is 16.6. The van der Waals surface area contributed by atoms with Gasteiger partial charge in [-0.15, -0.1) is 0 Å². The number of hydrogen-bond donors (Lipinski definition) is 3. The monoisotopic (exact) mass is 651 g/mol. The Morgan fingerprint density at radius 3 is 2.38 bits per heavy atom. The average molecular weight is 653 g/mol. The van der Waals surface area contributed by atoms with Crippen LogP contribution in [0.2, 0.25) is 10.0 Å². The van der Waals surface area contributed by atoms with Crippen molar-refractivity contribution in [2.45, 2.75) is 83.2 Å². The number of carbonyl (C=O) groups is 5. The molecule has 3 atom stereocenters. The highest BCUT2D eigenvalue weighted by Gasteiger charge is 2.36. The first-order valence-electron chi connectivity index (χ1n) is 15.9. The molecule has 238 valence electrons. The summed E-state index contributed by atoms with van der Waals surface area (Å²) in [5, 5.41) is 7.00. The van der Waals surface area contributed by atoms with E-state index >= 15 is 0 Å². The largest absolute Gasteiger partial charge is 0.352 e. The zero-order chi connectivity index (χ0) is 31.9. The minimum Gasteiger partial charge on any atom is -0.352 e. The van der Waals surface area contributed by atoms with E-state index in [2.05, 4.69) is 15.6 Å². The highest BCUT2D eigenvalue weighted by molar-refractivity contribution is 6.39. The summed E-state index contributed by atoms with van der Waals surface area (Å²) in [5.41, 5.74) is 1.77. The Bertz CT molecular complexity index is 1560. The highest BCUT2D eigenvalue weighted by Crippen LogP contribution is 2.33. The van der Waals surface area contributed by atoms with Crippen molar-refractivity contribution in [3.05, 3.63) is 69.8 Å². The number of rotatable bonds is 13. The van der Waals surface area contributed by atoms with Crippen molar-refractivity contribution < 1.29 is 24.0 Å². The molecule has 0 radical (unpaired) electrons. The fourth-order valence-electron chi connectivity index (χ4n) is 6.72. The van der Waals surface area contributed by atoms with E-state index in [1.165, 1.54) is 0 Å². The van der Waals surface area contributed by atoms with Gasteiger partial charge in [-0.2, -0.15) is 0 Å². The summed E-state index contributed by atoms with van der Waals surface area (Å²) >= 11 is 12.5. The van der Waals surface area contributed by atoms with E-state index in [0.717, 1.165) is 44.1 Å². The average Bonchev–Trinajstić information content (AvgIpc) is 3.65. The van der Waals surface area contributed by atoms with Crippen LogP contribution in [-0.4, -0.2) is 40.2 Å². The summed E-state index contributed by atoms with van der Waals surface area (Å²) in [6.07, 6.45) is 7.47. The Kier molecular flexibility index (Phi) is 11.1. The molecule has 5 rings (SSSR count). The molecule has 0 spiro atoms. The predicted molar refractivity (Wildman–Crippen MR) is 174 cm³/mol. The normalized spacial score (nSPS) is 18.4. The Balaban J connectivity index is 1.34. The molecule has 1 heterocycles. The van der Waals surface area contributed by atoms with E-state index in [1.54, 1.807) is 18.2 Å². The van der Waals surface area contributed by atoms with Gasteiger partial charge in [0.15, 0.2) is 5.78 Å². The molecule has 2 aromatic carbocycles. The Morgan fingerprint density at radius 2 is 1.67 bits per heavy atom. The van der Waals surface area contributed by atoms with Crippen molar-refractivity contribution in [1.29, 1.82) is 0 Å². The summed E-state index contributed by atoms with van der Waals surface area (Å²) in [7, 11) is 0. The molecule has 1 aromatic heterocycles. The molecular formula is C35H39Cl2N3O5. The number of carbonyl (C=O) groups excluding carboxylic acids is 5. The molecule has 8 nitrogen and oxygen atoms in total. The van der Waals surface area contributed by atoms with Crippen LogP contribution in [0.5, 0.6) is 0 Å². The van der Waals surface area contributed by atoms with Crippen molar-refractivity contribution in [3.63, 3.8) is 0 Å². The van der Waals surface area contributed by atoms with Gasteiger partial charge in [-0.25, -0.2) is 0 Å². The van der Waals surface area contributed by atoms with Gasteiger partial charge in [0.1, 0.15) is 5.78 Å². The summed E-state index contributed by atoms with van der Waals surface area (Å²) in [4.78, 5) is 69.6. The lowest BCUT2D eigenvalue weighted by Gasteiger charge is -2.27. The number of H-pyrrole nitrogens is 1. The van der Waals surface area contributed by atoms with Crippen molar-refractivity contribution in [1.82, 2.24) is 15.6 Å². The number of hydrogen-bond acceptors (Lipinski definition) is 5. The molecule has 0 saturated heterocycles. The van der Waals surface area contributed by atoms with E-state index in [1.807, 2.05) is 30.3 Å². The van der Waals surface area contributed by atoms with Crippen LogP contribution in [0.15, 0.2) is 48.5 Å². The molecule has 0 unspecified atom stereocenters. The van der Waals surface area contributed by atoms with Crippen LogP contribution in [0.25, 0.3) is 10.9 Å². The number of halogens is 2. The Morgan fingerprint density at radius 1 is 0.911 bits per heavy atom. The predicted octanol–water partition coefficient (Wildman–Crippen LogP) is 6.76. The molecule has 2 amide bonds. The lowest BCUT2D eigenvalue weighted by atomic mass is 9.80. The number of Topliss-reactive ketones (excluding diaryl/α,β-unsaturated/α-hetero) is 3. The van der Waals surface area contributed by atoms with Crippen LogP contribution >= 0.6 is 23.2 Å². The molecule has 45 heavy (non-hydrogen) atoms. The first kappa shape index (κ1) is 32.9. The summed E-state index contributed by atoms with van der Waals surface area (Å²) in [6, 6.07) is 13.0. The molecule has 2 fully saturated rings. The quantitative estimate of drug-likeness (QED) is 0.139. The van der Waals surface area contributed by atoms with Crippen molar-refractivity contribution in [2.75, 3.05) is 0 Å². The second-order valence-electron chi connectivity index (χ2n) is 12.5. The number of aromatic amines is 1. The van der Waals surface area contributed by atoms with Gasteiger partial charge < -0.3 is 15.6 Å².